The Balaban J connectivity index is 1.83. The van der Waals surface area contributed by atoms with Crippen LogP contribution in [0.3, 0.4) is 0 Å². The maximum absolute atomic E-state index is 13.3. The highest BCUT2D eigenvalue weighted by molar-refractivity contribution is 6.49. The van der Waals surface area contributed by atoms with Crippen LogP contribution in [0.4, 0.5) is 11.4 Å². The first-order valence-electron chi connectivity index (χ1n) is 8.89. The minimum absolute atomic E-state index is 0.0948. The highest BCUT2D eigenvalue weighted by Crippen LogP contribution is 2.40. The molecule has 0 saturated carbocycles. The SMILES string of the molecule is CC(=O)C1=NN(c2cccc(Cl)c2C)[C@H]2C(=O)N(c3ccc(C)cc3)C(=O)[C@H]12. The van der Waals surface area contributed by atoms with Gasteiger partial charge in [-0.15, -0.1) is 0 Å². The fourth-order valence-corrected chi connectivity index (χ4v) is 3.87. The average Bonchev–Trinajstić information content (AvgIpc) is 3.16. The molecule has 0 N–H and O–H groups in total. The van der Waals surface area contributed by atoms with Crippen molar-refractivity contribution in [3.05, 3.63) is 58.6 Å². The van der Waals surface area contributed by atoms with E-state index in [2.05, 4.69) is 5.10 Å². The quantitative estimate of drug-likeness (QED) is 0.748. The topological polar surface area (TPSA) is 70.1 Å². The van der Waals surface area contributed by atoms with Gasteiger partial charge in [0.15, 0.2) is 5.78 Å². The van der Waals surface area contributed by atoms with E-state index in [1.807, 2.05) is 26.0 Å². The van der Waals surface area contributed by atoms with Gasteiger partial charge in [0.05, 0.1) is 11.4 Å². The molecule has 2 aromatic rings. The smallest absolute Gasteiger partial charge is 0.259 e. The molecule has 2 aliphatic heterocycles. The number of aryl methyl sites for hydroxylation is 1. The first-order chi connectivity index (χ1) is 13.3. The van der Waals surface area contributed by atoms with Gasteiger partial charge >= 0.3 is 0 Å². The molecule has 6 nitrogen and oxygen atoms in total. The zero-order chi connectivity index (χ0) is 20.2. The van der Waals surface area contributed by atoms with E-state index in [0.29, 0.717) is 16.4 Å². The largest absolute Gasteiger partial charge is 0.293 e. The number of imide groups is 1. The molecule has 0 aliphatic carbocycles. The van der Waals surface area contributed by atoms with Crippen LogP contribution in [0.5, 0.6) is 0 Å². The number of hydrogen-bond donors (Lipinski definition) is 0. The van der Waals surface area contributed by atoms with Crippen molar-refractivity contribution in [2.24, 2.45) is 11.0 Å². The second-order valence-corrected chi connectivity index (χ2v) is 7.45. The maximum atomic E-state index is 13.3. The van der Waals surface area contributed by atoms with E-state index in [4.69, 9.17) is 11.6 Å². The van der Waals surface area contributed by atoms with Crippen LogP contribution in [0.2, 0.25) is 5.02 Å². The summed E-state index contributed by atoms with van der Waals surface area (Å²) in [6.07, 6.45) is 0. The van der Waals surface area contributed by atoms with Gasteiger partial charge in [0.1, 0.15) is 17.7 Å². The van der Waals surface area contributed by atoms with Gasteiger partial charge in [-0.3, -0.25) is 19.4 Å². The minimum Gasteiger partial charge on any atom is -0.293 e. The van der Waals surface area contributed by atoms with E-state index in [1.165, 1.54) is 11.9 Å². The molecule has 0 unspecified atom stereocenters. The molecule has 1 fully saturated rings. The Labute approximate surface area is 167 Å². The molecule has 0 bridgehead atoms. The van der Waals surface area contributed by atoms with Crippen LogP contribution in [0, 0.1) is 19.8 Å². The van der Waals surface area contributed by atoms with Crippen molar-refractivity contribution in [2.75, 3.05) is 9.91 Å². The molecule has 2 atom stereocenters. The number of halogens is 1. The number of amides is 2. The van der Waals surface area contributed by atoms with Crippen LogP contribution in [0.15, 0.2) is 47.6 Å². The summed E-state index contributed by atoms with van der Waals surface area (Å²) in [5.41, 5.74) is 2.93. The molecule has 0 spiro atoms. The normalized spacial score (nSPS) is 21.2. The van der Waals surface area contributed by atoms with E-state index in [9.17, 15) is 14.4 Å². The van der Waals surface area contributed by atoms with Crippen LogP contribution in [0.25, 0.3) is 0 Å². The molecule has 0 radical (unpaired) electrons. The predicted molar refractivity (Wildman–Crippen MR) is 108 cm³/mol. The van der Waals surface area contributed by atoms with E-state index in [1.54, 1.807) is 30.3 Å². The molecule has 0 aromatic heterocycles. The van der Waals surface area contributed by atoms with Crippen molar-refractivity contribution in [2.45, 2.75) is 26.8 Å². The number of hydrazone groups is 1. The number of Topliss-reactive ketones (excluding diaryl/α,β-unsaturated/α-hetero) is 1. The lowest BCUT2D eigenvalue weighted by atomic mass is 9.95. The zero-order valence-electron chi connectivity index (χ0n) is 15.6. The third kappa shape index (κ3) is 2.64. The Bertz CT molecular complexity index is 1050. The molecule has 7 heteroatoms. The summed E-state index contributed by atoms with van der Waals surface area (Å²) in [4.78, 5) is 39.8. The van der Waals surface area contributed by atoms with E-state index >= 15 is 0 Å². The summed E-state index contributed by atoms with van der Waals surface area (Å²) in [6.45, 7) is 5.10. The number of carbonyl (C=O) groups excluding carboxylic acids is 3. The first-order valence-corrected chi connectivity index (χ1v) is 9.27. The van der Waals surface area contributed by atoms with E-state index in [-0.39, 0.29) is 11.5 Å². The minimum atomic E-state index is -0.926. The zero-order valence-corrected chi connectivity index (χ0v) is 16.4. The van der Waals surface area contributed by atoms with E-state index in [0.717, 1.165) is 16.0 Å². The number of benzene rings is 2. The number of anilines is 2. The third-order valence-electron chi connectivity index (χ3n) is 5.19. The Kier molecular flexibility index (Phi) is 4.31. The van der Waals surface area contributed by atoms with Gasteiger partial charge in [-0.25, -0.2) is 4.90 Å². The fourth-order valence-electron chi connectivity index (χ4n) is 3.70. The Morgan fingerprint density at radius 2 is 1.71 bits per heavy atom. The average molecular weight is 396 g/mol. The summed E-state index contributed by atoms with van der Waals surface area (Å²) < 4.78 is 0. The van der Waals surface area contributed by atoms with Crippen molar-refractivity contribution in [1.82, 2.24) is 0 Å². The van der Waals surface area contributed by atoms with Crippen molar-refractivity contribution >= 4 is 46.3 Å². The molecule has 2 aromatic carbocycles. The summed E-state index contributed by atoms with van der Waals surface area (Å²) in [5.74, 6) is -2.10. The Morgan fingerprint density at radius 1 is 1.04 bits per heavy atom. The molecule has 28 heavy (non-hydrogen) atoms. The molecule has 142 valence electrons. The second kappa shape index (κ2) is 6.56. The van der Waals surface area contributed by atoms with Crippen LogP contribution < -0.4 is 9.91 Å². The summed E-state index contributed by atoms with van der Waals surface area (Å²) in [6, 6.07) is 11.5. The fraction of sp³-hybridized carbons (Fsp3) is 0.238. The van der Waals surface area contributed by atoms with Gasteiger partial charge in [-0.2, -0.15) is 5.10 Å². The molecular formula is C21H18ClN3O3. The number of hydrogen-bond acceptors (Lipinski definition) is 5. The summed E-state index contributed by atoms with van der Waals surface area (Å²) in [5, 5.41) is 6.35. The number of fused-ring (bicyclic) bond motifs is 1. The van der Waals surface area contributed by atoms with Gasteiger partial charge in [0, 0.05) is 11.9 Å². The standard InChI is InChI=1S/C21H18ClN3O3/c1-11-7-9-14(10-8-11)24-20(27)17-18(13(3)26)23-25(19(17)21(24)28)16-6-4-5-15(22)12(16)2/h4-10,17,19H,1-3H3/t17-,19-/m1/s1. The first kappa shape index (κ1) is 18.4. The summed E-state index contributed by atoms with van der Waals surface area (Å²) in [7, 11) is 0. The molecule has 1 saturated heterocycles. The van der Waals surface area contributed by atoms with Crippen LogP contribution in [-0.4, -0.2) is 29.4 Å². The highest BCUT2D eigenvalue weighted by Gasteiger charge is 2.58. The number of carbonyl (C=O) groups is 3. The lowest BCUT2D eigenvalue weighted by molar-refractivity contribution is -0.122. The van der Waals surface area contributed by atoms with Gasteiger partial charge in [-0.05, 0) is 43.7 Å². The van der Waals surface area contributed by atoms with Gasteiger partial charge in [0.2, 0.25) is 5.91 Å². The van der Waals surface area contributed by atoms with Crippen LogP contribution >= 0.6 is 11.6 Å². The molecule has 2 heterocycles. The number of nitrogens with zero attached hydrogens (tertiary/aromatic N) is 3. The third-order valence-corrected chi connectivity index (χ3v) is 5.60. The molecule has 2 amide bonds. The van der Waals surface area contributed by atoms with Gasteiger partial charge < -0.3 is 0 Å². The van der Waals surface area contributed by atoms with Crippen molar-refractivity contribution in [1.29, 1.82) is 0 Å². The summed E-state index contributed by atoms with van der Waals surface area (Å²) >= 11 is 6.23. The van der Waals surface area contributed by atoms with Crippen LogP contribution in [0.1, 0.15) is 18.1 Å². The van der Waals surface area contributed by atoms with Crippen molar-refractivity contribution < 1.29 is 14.4 Å². The molecular weight excluding hydrogens is 378 g/mol. The lowest BCUT2D eigenvalue weighted by Crippen LogP contribution is -2.39. The van der Waals surface area contributed by atoms with E-state index < -0.39 is 23.8 Å². The monoisotopic (exact) mass is 395 g/mol. The molecule has 2 aliphatic rings. The Hall–Kier alpha value is -2.99. The Morgan fingerprint density at radius 3 is 2.36 bits per heavy atom. The predicted octanol–water partition coefficient (Wildman–Crippen LogP) is 3.28. The van der Waals surface area contributed by atoms with Gasteiger partial charge in [-0.1, -0.05) is 35.4 Å². The van der Waals surface area contributed by atoms with Crippen molar-refractivity contribution in [3.8, 4) is 0 Å². The number of rotatable bonds is 3. The molecule has 4 rings (SSSR count). The second-order valence-electron chi connectivity index (χ2n) is 7.04. The lowest BCUT2D eigenvalue weighted by Gasteiger charge is -2.24. The van der Waals surface area contributed by atoms with Gasteiger partial charge in [0.25, 0.3) is 5.91 Å². The highest BCUT2D eigenvalue weighted by atomic mass is 35.5. The van der Waals surface area contributed by atoms with Crippen LogP contribution in [-0.2, 0) is 14.4 Å². The maximum Gasteiger partial charge on any atom is 0.259 e. The van der Waals surface area contributed by atoms with Crippen molar-refractivity contribution in [3.63, 3.8) is 0 Å². The number of ketones is 1.